The molecule has 2 aliphatic rings. The second kappa shape index (κ2) is 4.81. The van der Waals surface area contributed by atoms with E-state index in [9.17, 15) is 0 Å². The Hall–Kier alpha value is -1.21. The van der Waals surface area contributed by atoms with Crippen LogP contribution in [0.25, 0.3) is 0 Å². The molecule has 0 radical (unpaired) electrons. The minimum Gasteiger partial charge on any atom is -0.493 e. The average molecular weight is 308 g/mol. The summed E-state index contributed by atoms with van der Waals surface area (Å²) in [5.74, 6) is 1.87. The number of benzene rings is 1. The van der Waals surface area contributed by atoms with Gasteiger partial charge in [0, 0.05) is 16.7 Å². The standard InChI is InChI=1S/C14H14BrNO2/c15-12-11-4-2-7-17-13(11)10(5-6-16)9-3-1-8-18-14(9)12/h1-5,7-8H2. The normalized spacial score (nSPS) is 16.9. The summed E-state index contributed by atoms with van der Waals surface area (Å²) in [4.78, 5) is 0. The van der Waals surface area contributed by atoms with Gasteiger partial charge in [0.05, 0.1) is 30.2 Å². The Kier molecular flexibility index (Phi) is 3.17. The van der Waals surface area contributed by atoms with Crippen LogP contribution in [0.1, 0.15) is 29.5 Å². The molecule has 2 aliphatic heterocycles. The molecule has 4 heteroatoms. The fourth-order valence-electron chi connectivity index (χ4n) is 2.75. The molecule has 1 aromatic rings. The van der Waals surface area contributed by atoms with Crippen molar-refractivity contribution in [2.75, 3.05) is 13.2 Å². The van der Waals surface area contributed by atoms with Crippen molar-refractivity contribution < 1.29 is 9.47 Å². The van der Waals surface area contributed by atoms with Crippen LogP contribution in [-0.2, 0) is 19.3 Å². The van der Waals surface area contributed by atoms with Gasteiger partial charge >= 0.3 is 0 Å². The van der Waals surface area contributed by atoms with Gasteiger partial charge in [-0.3, -0.25) is 0 Å². The SMILES string of the molecule is N#CCc1c2c(c(Br)c3c1OCCC3)OCCC2. The summed E-state index contributed by atoms with van der Waals surface area (Å²) in [7, 11) is 0. The van der Waals surface area contributed by atoms with Crippen molar-refractivity contribution in [3.8, 4) is 17.6 Å². The topological polar surface area (TPSA) is 42.2 Å². The van der Waals surface area contributed by atoms with Crippen molar-refractivity contribution in [2.45, 2.75) is 32.1 Å². The second-order valence-electron chi connectivity index (χ2n) is 4.65. The zero-order valence-electron chi connectivity index (χ0n) is 10.1. The molecular weight excluding hydrogens is 294 g/mol. The number of halogens is 1. The maximum Gasteiger partial charge on any atom is 0.137 e. The fourth-order valence-corrected chi connectivity index (χ4v) is 3.48. The molecule has 0 N–H and O–H groups in total. The van der Waals surface area contributed by atoms with Crippen LogP contribution in [-0.4, -0.2) is 13.2 Å². The van der Waals surface area contributed by atoms with Crippen LogP contribution in [0.4, 0.5) is 0 Å². The molecular formula is C14H14BrNO2. The van der Waals surface area contributed by atoms with E-state index < -0.39 is 0 Å². The molecule has 0 unspecified atom stereocenters. The number of ether oxygens (including phenoxy) is 2. The molecule has 0 saturated heterocycles. The number of fused-ring (bicyclic) bond motifs is 2. The third kappa shape index (κ3) is 1.78. The molecule has 0 saturated carbocycles. The zero-order valence-corrected chi connectivity index (χ0v) is 11.7. The van der Waals surface area contributed by atoms with Crippen molar-refractivity contribution in [2.24, 2.45) is 0 Å². The van der Waals surface area contributed by atoms with Crippen LogP contribution in [0, 0.1) is 11.3 Å². The summed E-state index contributed by atoms with van der Waals surface area (Å²) in [5, 5.41) is 9.03. The molecule has 0 aromatic heterocycles. The van der Waals surface area contributed by atoms with Gasteiger partial charge in [-0.05, 0) is 41.6 Å². The Labute approximate surface area is 115 Å². The molecule has 1 aromatic carbocycles. The summed E-state index contributed by atoms with van der Waals surface area (Å²) < 4.78 is 12.6. The lowest BCUT2D eigenvalue weighted by Gasteiger charge is -2.28. The molecule has 3 rings (SSSR count). The number of hydrogen-bond donors (Lipinski definition) is 0. The van der Waals surface area contributed by atoms with Gasteiger partial charge in [-0.15, -0.1) is 0 Å². The zero-order chi connectivity index (χ0) is 12.5. The first-order valence-electron chi connectivity index (χ1n) is 6.31. The highest BCUT2D eigenvalue weighted by Crippen LogP contribution is 2.46. The van der Waals surface area contributed by atoms with E-state index in [1.807, 2.05) is 0 Å². The third-order valence-corrected chi connectivity index (χ3v) is 4.38. The molecule has 0 fully saturated rings. The van der Waals surface area contributed by atoms with E-state index >= 15 is 0 Å². The highest BCUT2D eigenvalue weighted by atomic mass is 79.9. The number of rotatable bonds is 1. The molecule has 0 spiro atoms. The quantitative estimate of drug-likeness (QED) is 0.800. The summed E-state index contributed by atoms with van der Waals surface area (Å²) in [5.41, 5.74) is 3.38. The van der Waals surface area contributed by atoms with Gasteiger partial charge in [-0.2, -0.15) is 5.26 Å². The Morgan fingerprint density at radius 3 is 2.44 bits per heavy atom. The van der Waals surface area contributed by atoms with E-state index in [1.54, 1.807) is 0 Å². The van der Waals surface area contributed by atoms with Crippen LogP contribution in [0.2, 0.25) is 0 Å². The van der Waals surface area contributed by atoms with Crippen LogP contribution in [0.5, 0.6) is 11.5 Å². The summed E-state index contributed by atoms with van der Waals surface area (Å²) >= 11 is 3.65. The molecule has 3 nitrogen and oxygen atoms in total. The first kappa shape index (κ1) is 11.9. The van der Waals surface area contributed by atoms with Crippen LogP contribution in [0.15, 0.2) is 4.47 Å². The van der Waals surface area contributed by atoms with Gasteiger partial charge in [0.15, 0.2) is 0 Å². The van der Waals surface area contributed by atoms with E-state index in [1.165, 1.54) is 5.56 Å². The van der Waals surface area contributed by atoms with E-state index in [0.29, 0.717) is 6.42 Å². The minimum absolute atomic E-state index is 0.404. The number of hydrogen-bond acceptors (Lipinski definition) is 3. The van der Waals surface area contributed by atoms with Crippen LogP contribution >= 0.6 is 15.9 Å². The molecule has 0 aliphatic carbocycles. The maximum atomic E-state index is 9.03. The van der Waals surface area contributed by atoms with Crippen molar-refractivity contribution in [1.29, 1.82) is 5.26 Å². The Morgan fingerprint density at radius 1 is 1.06 bits per heavy atom. The smallest absolute Gasteiger partial charge is 0.137 e. The second-order valence-corrected chi connectivity index (χ2v) is 5.44. The van der Waals surface area contributed by atoms with Gasteiger partial charge in [0.25, 0.3) is 0 Å². The van der Waals surface area contributed by atoms with E-state index in [0.717, 1.165) is 66.0 Å². The minimum atomic E-state index is 0.404. The maximum absolute atomic E-state index is 9.03. The van der Waals surface area contributed by atoms with E-state index in [2.05, 4.69) is 22.0 Å². The van der Waals surface area contributed by atoms with Crippen molar-refractivity contribution >= 4 is 15.9 Å². The molecule has 0 bridgehead atoms. The third-order valence-electron chi connectivity index (χ3n) is 3.54. The van der Waals surface area contributed by atoms with Crippen molar-refractivity contribution in [3.05, 3.63) is 21.2 Å². The van der Waals surface area contributed by atoms with Gasteiger partial charge in [0.1, 0.15) is 11.5 Å². The summed E-state index contributed by atoms with van der Waals surface area (Å²) in [6.07, 6.45) is 4.40. The molecule has 0 amide bonds. The lowest BCUT2D eigenvalue weighted by molar-refractivity contribution is 0.268. The fraction of sp³-hybridized carbons (Fsp3) is 0.500. The number of nitriles is 1. The van der Waals surface area contributed by atoms with Gasteiger partial charge in [-0.25, -0.2) is 0 Å². The highest BCUT2D eigenvalue weighted by molar-refractivity contribution is 9.10. The molecule has 18 heavy (non-hydrogen) atoms. The van der Waals surface area contributed by atoms with Gasteiger partial charge in [0.2, 0.25) is 0 Å². The first-order chi connectivity index (χ1) is 8.83. The van der Waals surface area contributed by atoms with Gasteiger partial charge in [-0.1, -0.05) is 0 Å². The predicted molar refractivity (Wildman–Crippen MR) is 71.1 cm³/mol. The first-order valence-corrected chi connectivity index (χ1v) is 7.11. The summed E-state index contributed by atoms with van der Waals surface area (Å²) in [6.45, 7) is 1.51. The van der Waals surface area contributed by atoms with E-state index in [4.69, 9.17) is 14.7 Å². The van der Waals surface area contributed by atoms with Crippen molar-refractivity contribution in [3.63, 3.8) is 0 Å². The largest absolute Gasteiger partial charge is 0.493 e. The Bertz CT molecular complexity index is 497. The summed E-state index contributed by atoms with van der Waals surface area (Å²) in [6, 6.07) is 2.25. The lowest BCUT2D eigenvalue weighted by Crippen LogP contribution is -2.17. The predicted octanol–water partition coefficient (Wildman–Crippen LogP) is 3.17. The van der Waals surface area contributed by atoms with E-state index in [-0.39, 0.29) is 0 Å². The molecule has 94 valence electrons. The monoisotopic (exact) mass is 307 g/mol. The Balaban J connectivity index is 2.24. The number of nitrogens with zero attached hydrogens (tertiary/aromatic N) is 1. The molecule has 2 heterocycles. The van der Waals surface area contributed by atoms with Crippen LogP contribution < -0.4 is 9.47 Å². The lowest BCUT2D eigenvalue weighted by atomic mass is 9.92. The van der Waals surface area contributed by atoms with Crippen molar-refractivity contribution in [1.82, 2.24) is 0 Å². The highest BCUT2D eigenvalue weighted by Gasteiger charge is 2.27. The van der Waals surface area contributed by atoms with Crippen LogP contribution in [0.3, 0.4) is 0 Å². The molecule has 0 atom stereocenters. The average Bonchev–Trinajstić information content (AvgIpc) is 2.43. The Morgan fingerprint density at radius 2 is 1.72 bits per heavy atom. The van der Waals surface area contributed by atoms with Gasteiger partial charge < -0.3 is 9.47 Å².